The Kier molecular flexibility index (Phi) is 4.79. The van der Waals surface area contributed by atoms with Crippen LogP contribution >= 0.6 is 0 Å². The minimum Gasteiger partial charge on any atom is -0.497 e. The van der Waals surface area contributed by atoms with Crippen LogP contribution in [0.3, 0.4) is 0 Å². The van der Waals surface area contributed by atoms with Crippen molar-refractivity contribution in [1.29, 1.82) is 0 Å². The highest BCUT2D eigenvalue weighted by Gasteiger charge is 2.33. The van der Waals surface area contributed by atoms with Gasteiger partial charge >= 0.3 is 0 Å². The summed E-state index contributed by atoms with van der Waals surface area (Å²) in [7, 11) is 1.62. The molecule has 2 aliphatic rings. The second-order valence-electron chi connectivity index (χ2n) is 7.09. The lowest BCUT2D eigenvalue weighted by molar-refractivity contribution is -0.136. The minimum absolute atomic E-state index is 0.0995. The van der Waals surface area contributed by atoms with Crippen molar-refractivity contribution >= 4 is 11.8 Å². The number of ether oxygens (including phenoxy) is 1. The molecule has 8 heteroatoms. The van der Waals surface area contributed by atoms with Crippen LogP contribution in [0.15, 0.2) is 30.5 Å². The number of carbonyl (C=O) groups excluding carboxylic acids is 2. The van der Waals surface area contributed by atoms with Gasteiger partial charge in [-0.2, -0.15) is 0 Å². The van der Waals surface area contributed by atoms with E-state index < -0.39 is 0 Å². The molecule has 1 aromatic carbocycles. The van der Waals surface area contributed by atoms with Gasteiger partial charge in [0.15, 0.2) is 0 Å². The van der Waals surface area contributed by atoms with Crippen LogP contribution in [0, 0.1) is 0 Å². The van der Waals surface area contributed by atoms with Crippen molar-refractivity contribution in [3.63, 3.8) is 0 Å². The lowest BCUT2D eigenvalue weighted by Gasteiger charge is -2.39. The molecule has 2 amide bonds. The molecule has 0 unspecified atom stereocenters. The van der Waals surface area contributed by atoms with Gasteiger partial charge in [0.25, 0.3) is 0 Å². The lowest BCUT2D eigenvalue weighted by Crippen LogP contribution is -2.51. The van der Waals surface area contributed by atoms with Crippen LogP contribution in [-0.4, -0.2) is 63.4 Å². The van der Waals surface area contributed by atoms with E-state index in [1.54, 1.807) is 7.11 Å². The van der Waals surface area contributed by atoms with Gasteiger partial charge in [0.1, 0.15) is 11.4 Å². The Morgan fingerprint density at radius 1 is 1.33 bits per heavy atom. The zero-order valence-corrected chi connectivity index (χ0v) is 15.4. The van der Waals surface area contributed by atoms with E-state index in [0.29, 0.717) is 32.5 Å². The van der Waals surface area contributed by atoms with E-state index in [1.165, 1.54) is 0 Å². The number of methoxy groups -OCH3 is 1. The van der Waals surface area contributed by atoms with Crippen molar-refractivity contribution in [1.82, 2.24) is 24.8 Å². The molecule has 1 aromatic heterocycles. The van der Waals surface area contributed by atoms with E-state index in [2.05, 4.69) is 10.3 Å². The Morgan fingerprint density at radius 2 is 2.19 bits per heavy atom. The van der Waals surface area contributed by atoms with Gasteiger partial charge in [0.2, 0.25) is 11.8 Å². The summed E-state index contributed by atoms with van der Waals surface area (Å²) in [6.07, 6.45) is 3.80. The third kappa shape index (κ3) is 3.79. The summed E-state index contributed by atoms with van der Waals surface area (Å²) in [6.45, 7) is 2.58. The van der Waals surface area contributed by atoms with Gasteiger partial charge in [-0.1, -0.05) is 17.3 Å². The van der Waals surface area contributed by atoms with Crippen molar-refractivity contribution in [3.05, 3.63) is 41.7 Å². The lowest BCUT2D eigenvalue weighted by atomic mass is 10.1. The molecule has 0 atom stereocenters. The Morgan fingerprint density at radius 3 is 2.93 bits per heavy atom. The Hall–Kier alpha value is -2.90. The first-order valence-electron chi connectivity index (χ1n) is 9.21. The number of carbonyl (C=O) groups is 2. The van der Waals surface area contributed by atoms with Crippen molar-refractivity contribution in [2.24, 2.45) is 0 Å². The first-order valence-corrected chi connectivity index (χ1v) is 9.21. The zero-order chi connectivity index (χ0) is 18.8. The van der Waals surface area contributed by atoms with Crippen LogP contribution in [0.1, 0.15) is 30.1 Å². The van der Waals surface area contributed by atoms with Gasteiger partial charge in [-0.25, -0.2) is 4.68 Å². The van der Waals surface area contributed by atoms with Gasteiger partial charge in [-0.15, -0.1) is 5.10 Å². The second kappa shape index (κ2) is 7.38. The average Bonchev–Trinajstić information content (AvgIpc) is 3.24. The maximum atomic E-state index is 12.4. The molecule has 27 heavy (non-hydrogen) atoms. The fourth-order valence-corrected chi connectivity index (χ4v) is 3.53. The van der Waals surface area contributed by atoms with Crippen LogP contribution in [0.5, 0.6) is 5.75 Å². The smallest absolute Gasteiger partial charge is 0.227 e. The van der Waals surface area contributed by atoms with E-state index in [-0.39, 0.29) is 17.9 Å². The summed E-state index contributed by atoms with van der Waals surface area (Å²) >= 11 is 0. The van der Waals surface area contributed by atoms with Crippen LogP contribution in [0.2, 0.25) is 0 Å². The monoisotopic (exact) mass is 369 g/mol. The van der Waals surface area contributed by atoms with E-state index >= 15 is 0 Å². The van der Waals surface area contributed by atoms with Crippen LogP contribution in [0.4, 0.5) is 0 Å². The van der Waals surface area contributed by atoms with E-state index in [0.717, 1.165) is 30.0 Å². The van der Waals surface area contributed by atoms with Crippen LogP contribution in [0.25, 0.3) is 0 Å². The highest BCUT2D eigenvalue weighted by Crippen LogP contribution is 2.23. The standard InChI is InChI=1S/C19H23N5O3/c1-27-17-5-2-4-14(8-17)9-19(26)23-12-16(13-23)24-11-15(20-21-24)10-22-7-3-6-18(22)25/h2,4-5,8,11,16H,3,6-7,9-10,12-13H2,1H3. The largest absolute Gasteiger partial charge is 0.497 e. The van der Waals surface area contributed by atoms with Gasteiger partial charge in [0.05, 0.1) is 32.3 Å². The third-order valence-corrected chi connectivity index (χ3v) is 5.16. The number of benzene rings is 1. The molecule has 0 bridgehead atoms. The summed E-state index contributed by atoms with van der Waals surface area (Å²) in [5, 5.41) is 8.36. The second-order valence-corrected chi connectivity index (χ2v) is 7.09. The molecule has 3 heterocycles. The van der Waals surface area contributed by atoms with Crippen molar-refractivity contribution in [2.45, 2.75) is 31.8 Å². The number of aromatic nitrogens is 3. The fourth-order valence-electron chi connectivity index (χ4n) is 3.53. The molecule has 2 aromatic rings. The quantitative estimate of drug-likeness (QED) is 0.760. The molecule has 0 aliphatic carbocycles. The molecular weight excluding hydrogens is 346 g/mol. The molecule has 0 radical (unpaired) electrons. The molecule has 4 rings (SSSR count). The third-order valence-electron chi connectivity index (χ3n) is 5.16. The highest BCUT2D eigenvalue weighted by molar-refractivity contribution is 5.79. The maximum absolute atomic E-state index is 12.4. The van der Waals surface area contributed by atoms with Crippen molar-refractivity contribution < 1.29 is 14.3 Å². The molecule has 0 N–H and O–H groups in total. The average molecular weight is 369 g/mol. The Bertz CT molecular complexity index is 843. The number of hydrogen-bond donors (Lipinski definition) is 0. The number of amides is 2. The van der Waals surface area contributed by atoms with Gasteiger partial charge < -0.3 is 14.5 Å². The fraction of sp³-hybridized carbons (Fsp3) is 0.474. The molecule has 142 valence electrons. The van der Waals surface area contributed by atoms with Crippen molar-refractivity contribution in [2.75, 3.05) is 26.7 Å². The number of hydrogen-bond acceptors (Lipinski definition) is 5. The topological polar surface area (TPSA) is 80.6 Å². The van der Waals surface area contributed by atoms with Crippen molar-refractivity contribution in [3.8, 4) is 5.75 Å². The van der Waals surface area contributed by atoms with E-state index in [1.807, 2.05) is 44.9 Å². The summed E-state index contributed by atoms with van der Waals surface area (Å²) in [5.41, 5.74) is 1.74. The predicted octanol–water partition coefficient (Wildman–Crippen LogP) is 1.04. The first-order chi connectivity index (χ1) is 13.1. The SMILES string of the molecule is COc1cccc(CC(=O)N2CC(n3cc(CN4CCCC4=O)nn3)C2)c1. The minimum atomic E-state index is 0.0995. The molecule has 2 saturated heterocycles. The zero-order valence-electron chi connectivity index (χ0n) is 15.4. The van der Waals surface area contributed by atoms with Gasteiger partial charge in [0, 0.05) is 26.1 Å². The molecule has 2 fully saturated rings. The summed E-state index contributed by atoms with van der Waals surface area (Å²) in [6, 6.07) is 7.72. The van der Waals surface area contributed by atoms with Gasteiger partial charge in [-0.3, -0.25) is 9.59 Å². The maximum Gasteiger partial charge on any atom is 0.227 e. The predicted molar refractivity (Wildman–Crippen MR) is 97.0 cm³/mol. The first kappa shape index (κ1) is 17.5. The molecule has 0 spiro atoms. The summed E-state index contributed by atoms with van der Waals surface area (Å²) in [5.74, 6) is 1.04. The Labute approximate surface area is 157 Å². The highest BCUT2D eigenvalue weighted by atomic mass is 16.5. The molecule has 8 nitrogen and oxygen atoms in total. The summed E-state index contributed by atoms with van der Waals surface area (Å²) < 4.78 is 7.01. The molecule has 2 aliphatic heterocycles. The normalized spacial score (nSPS) is 17.3. The number of rotatable bonds is 6. The number of likely N-dealkylation sites (tertiary alicyclic amines) is 2. The van der Waals surface area contributed by atoms with Crippen LogP contribution in [-0.2, 0) is 22.6 Å². The van der Waals surface area contributed by atoms with E-state index in [4.69, 9.17) is 4.74 Å². The van der Waals surface area contributed by atoms with Gasteiger partial charge in [-0.05, 0) is 24.1 Å². The summed E-state index contributed by atoms with van der Waals surface area (Å²) in [4.78, 5) is 27.8. The number of nitrogens with zero attached hydrogens (tertiary/aromatic N) is 5. The molecular formula is C19H23N5O3. The van der Waals surface area contributed by atoms with E-state index in [9.17, 15) is 9.59 Å². The van der Waals surface area contributed by atoms with Crippen LogP contribution < -0.4 is 4.74 Å². The Balaban J connectivity index is 1.29. The molecule has 0 saturated carbocycles.